The lowest BCUT2D eigenvalue weighted by molar-refractivity contribution is -0.161. The Kier molecular flexibility index (Phi) is 11.1. The fourth-order valence-corrected chi connectivity index (χ4v) is 16.1. The van der Waals surface area contributed by atoms with Crippen molar-refractivity contribution in [3.63, 3.8) is 0 Å². The Morgan fingerprint density at radius 3 is 1.51 bits per heavy atom. The minimum absolute atomic E-state index is 0.0216. The fourth-order valence-electron chi connectivity index (χ4n) is 16.1. The van der Waals surface area contributed by atoms with Crippen LogP contribution in [0.5, 0.6) is 0 Å². The van der Waals surface area contributed by atoms with Gasteiger partial charge in [-0.15, -0.1) is 0 Å². The Bertz CT molecular complexity index is 4670. The molecule has 3 atom stereocenters. The maximum Gasteiger partial charge on any atom is 0.332 e. The van der Waals surface area contributed by atoms with Gasteiger partial charge in [-0.2, -0.15) is 0 Å². The van der Waals surface area contributed by atoms with Gasteiger partial charge < -0.3 is 42.6 Å². The summed E-state index contributed by atoms with van der Waals surface area (Å²) in [5.41, 5.74) is 1.51. The van der Waals surface area contributed by atoms with E-state index in [0.717, 1.165) is 17.4 Å². The molecule has 14 aromatic rings. The van der Waals surface area contributed by atoms with Crippen molar-refractivity contribution in [2.75, 3.05) is 85.9 Å². The molecule has 0 bridgehead atoms. The maximum absolute atomic E-state index is 15.2. The molecule has 418 valence electrons. The van der Waals surface area contributed by atoms with E-state index in [4.69, 9.17) is 42.6 Å². The number of benzene rings is 8. The molecule has 1 saturated carbocycles. The number of fused-ring (bicyclic) bond motifs is 4. The SMILES string of the molecule is CC1Cc2c3ccc4c(C5CC5(C(=O)CCCOCCOCCOCC(=O)OC(C)(C)C)C(=O)OCCOCCOCCOCC(=O)OC(C)(C)C)c5c6cc7ccc8c9ccc%10c1c1c2c2c3c4c5c3c4c6c7c8c5c9c%10c1c(c23)c54. The molecule has 16 rings (SSSR count). The largest absolute Gasteiger partial charge is 0.462 e. The summed E-state index contributed by atoms with van der Waals surface area (Å²) in [4.78, 5) is 54.3. The van der Waals surface area contributed by atoms with Crippen LogP contribution < -0.4 is 0 Å². The monoisotopic (exact) mass is 1100 g/mol. The summed E-state index contributed by atoms with van der Waals surface area (Å²) in [7, 11) is 0. The number of Topliss-reactive ketones (excluding diaryl/α,β-unsaturated/α-hetero) is 1. The van der Waals surface area contributed by atoms with Crippen molar-refractivity contribution in [2.24, 2.45) is 5.41 Å². The van der Waals surface area contributed by atoms with Crippen molar-refractivity contribution in [3.05, 3.63) is 59.2 Å². The van der Waals surface area contributed by atoms with Gasteiger partial charge in [0.05, 0.1) is 59.5 Å². The third-order valence-electron chi connectivity index (χ3n) is 18.6. The van der Waals surface area contributed by atoms with Crippen LogP contribution in [0.15, 0.2) is 42.5 Å². The predicted octanol–water partition coefficient (Wildman–Crippen LogP) is 13.3. The van der Waals surface area contributed by atoms with Crippen molar-refractivity contribution < 1.29 is 61.8 Å². The molecule has 2 aliphatic carbocycles. The first-order chi connectivity index (χ1) is 39.6. The molecular weight excluding hydrogens is 1040 g/mol. The van der Waals surface area contributed by atoms with Crippen LogP contribution in [-0.2, 0) is 68.2 Å². The lowest BCUT2D eigenvalue weighted by atomic mass is 9.83. The first kappa shape index (κ1) is 50.9. The fraction of sp³-hybridized carbons (Fsp3) is 0.420. The van der Waals surface area contributed by atoms with Crippen LogP contribution in [0.4, 0.5) is 0 Å². The van der Waals surface area contributed by atoms with E-state index in [1.165, 1.54) is 146 Å². The Labute approximate surface area is 471 Å². The molecule has 0 aliphatic heterocycles. The van der Waals surface area contributed by atoms with E-state index in [1.54, 1.807) is 0 Å². The summed E-state index contributed by atoms with van der Waals surface area (Å²) < 4.78 is 50.7. The maximum atomic E-state index is 15.2. The van der Waals surface area contributed by atoms with E-state index in [2.05, 4.69) is 49.4 Å². The number of carbonyl (C=O) groups excluding carboxylic acids is 4. The Balaban J connectivity index is 0.717. The van der Waals surface area contributed by atoms with E-state index in [0.29, 0.717) is 45.2 Å². The molecule has 82 heavy (non-hydrogen) atoms. The molecule has 0 saturated heterocycles. The second-order valence-corrected chi connectivity index (χ2v) is 25.7. The van der Waals surface area contributed by atoms with Crippen molar-refractivity contribution >= 4 is 164 Å². The minimum Gasteiger partial charge on any atom is -0.462 e. The number of esters is 3. The van der Waals surface area contributed by atoms with Gasteiger partial charge in [0, 0.05) is 18.9 Å². The molecule has 0 N–H and O–H groups in total. The Morgan fingerprint density at radius 1 is 0.451 bits per heavy atom. The molecule has 0 spiro atoms. The normalized spacial score (nSPS) is 18.4. The van der Waals surface area contributed by atoms with E-state index < -0.39 is 40.4 Å². The molecule has 13 nitrogen and oxygen atoms in total. The zero-order chi connectivity index (χ0) is 56.0. The van der Waals surface area contributed by atoms with Crippen molar-refractivity contribution in [3.8, 4) is 0 Å². The summed E-state index contributed by atoms with van der Waals surface area (Å²) in [5.74, 6) is -1.57. The smallest absolute Gasteiger partial charge is 0.332 e. The van der Waals surface area contributed by atoms with Crippen LogP contribution in [0.25, 0.3) is 140 Å². The molecular formula is C69H64O13. The molecule has 0 heterocycles. The van der Waals surface area contributed by atoms with Gasteiger partial charge in [0.1, 0.15) is 36.4 Å². The molecule has 0 radical (unpaired) electrons. The van der Waals surface area contributed by atoms with Crippen LogP contribution >= 0.6 is 0 Å². The average molecular weight is 1100 g/mol. The zero-order valence-electron chi connectivity index (χ0n) is 47.5. The summed E-state index contributed by atoms with van der Waals surface area (Å²) >= 11 is 0. The highest BCUT2D eigenvalue weighted by Crippen LogP contribution is 2.71. The standard InChI is InChI=1S/C69H64O13/c1-32-27-39-36-13-15-38-47(41-29-69(41,42(70)9-8-16-74-17-18-75-21-23-78-30-43(71)81-67(2,3)4)66(73)80-26-25-77-20-19-76-22-24-79-31-44(72)82-68(5,6)7)55-40-28-33-10-11-34-35-12-14-37-45(32)56-53(39)58-50(36)52(38)59(55)63-61-54(40)46(33)48(34)57-49(35)51(37)60(56)65(62(57)61)64(58)63/h10-15,28,32,41H,8-9,16-27,29-31H2,1-7H3. The third-order valence-corrected chi connectivity index (χ3v) is 18.6. The quantitative estimate of drug-likeness (QED) is 0.0166. The zero-order valence-corrected chi connectivity index (χ0v) is 47.5. The summed E-state index contributed by atoms with van der Waals surface area (Å²) in [5, 5.41) is 35.3. The van der Waals surface area contributed by atoms with Crippen LogP contribution in [0.3, 0.4) is 0 Å². The van der Waals surface area contributed by atoms with Crippen molar-refractivity contribution in [2.45, 2.75) is 97.2 Å². The number of hydrogen-bond acceptors (Lipinski definition) is 13. The third kappa shape index (κ3) is 6.89. The Morgan fingerprint density at radius 2 is 0.890 bits per heavy atom. The van der Waals surface area contributed by atoms with Gasteiger partial charge in [-0.25, -0.2) is 9.59 Å². The van der Waals surface area contributed by atoms with Gasteiger partial charge in [0.2, 0.25) is 0 Å². The lowest BCUT2D eigenvalue weighted by Gasteiger charge is -2.20. The molecule has 14 aromatic carbocycles. The van der Waals surface area contributed by atoms with Crippen molar-refractivity contribution in [1.29, 1.82) is 0 Å². The summed E-state index contributed by atoms with van der Waals surface area (Å²) in [6.45, 7) is 15.6. The van der Waals surface area contributed by atoms with Gasteiger partial charge in [0.15, 0.2) is 5.78 Å². The van der Waals surface area contributed by atoms with E-state index in [9.17, 15) is 9.59 Å². The summed E-state index contributed by atoms with van der Waals surface area (Å²) in [6, 6.07) is 16.7. The van der Waals surface area contributed by atoms with Crippen molar-refractivity contribution in [1.82, 2.24) is 0 Å². The highest BCUT2D eigenvalue weighted by Gasteiger charge is 2.67. The van der Waals surface area contributed by atoms with Crippen LogP contribution in [0.1, 0.15) is 96.3 Å². The van der Waals surface area contributed by atoms with E-state index in [-0.39, 0.29) is 71.7 Å². The van der Waals surface area contributed by atoms with Gasteiger partial charge in [0.25, 0.3) is 0 Å². The molecule has 0 aromatic heterocycles. The minimum atomic E-state index is -1.40. The van der Waals surface area contributed by atoms with Crippen LogP contribution in [0, 0.1) is 5.41 Å². The van der Waals surface area contributed by atoms with Gasteiger partial charge in [-0.3, -0.25) is 9.59 Å². The number of carbonyl (C=O) groups is 4. The van der Waals surface area contributed by atoms with E-state index >= 15 is 9.59 Å². The summed E-state index contributed by atoms with van der Waals surface area (Å²) in [6.07, 6.45) is 1.89. The predicted molar refractivity (Wildman–Crippen MR) is 321 cm³/mol. The van der Waals surface area contributed by atoms with Crippen LogP contribution in [0.2, 0.25) is 0 Å². The average Bonchev–Trinajstić information content (AvgIpc) is 1.45. The first-order valence-corrected chi connectivity index (χ1v) is 29.4. The first-order valence-electron chi connectivity index (χ1n) is 29.4. The topological polar surface area (TPSA) is 151 Å². The molecule has 1 fully saturated rings. The second kappa shape index (κ2) is 17.8. The molecule has 2 aliphatic rings. The number of rotatable bonds is 26. The van der Waals surface area contributed by atoms with Gasteiger partial charge in [-0.05, 0) is 230 Å². The van der Waals surface area contributed by atoms with E-state index in [1.807, 2.05) is 41.5 Å². The molecule has 13 heteroatoms. The number of ether oxygens (including phenoxy) is 9. The highest BCUT2D eigenvalue weighted by molar-refractivity contribution is 6.67. The van der Waals surface area contributed by atoms with Gasteiger partial charge in [-0.1, -0.05) is 43.3 Å². The highest BCUT2D eigenvalue weighted by atomic mass is 16.6. The lowest BCUT2D eigenvalue weighted by Crippen LogP contribution is -2.31. The molecule has 0 amide bonds. The van der Waals surface area contributed by atoms with Crippen LogP contribution in [-0.4, -0.2) is 121 Å². The Hall–Kier alpha value is -6.84. The molecule has 3 unspecified atom stereocenters. The number of hydrogen-bond donors (Lipinski definition) is 0. The number of ketones is 1. The second-order valence-electron chi connectivity index (χ2n) is 25.7. The van der Waals surface area contributed by atoms with Gasteiger partial charge >= 0.3 is 17.9 Å².